The lowest BCUT2D eigenvalue weighted by Crippen LogP contribution is -2.15. The van der Waals surface area contributed by atoms with E-state index in [4.69, 9.17) is 16.3 Å². The molecule has 4 aromatic rings. The van der Waals surface area contributed by atoms with Crippen LogP contribution in [0.15, 0.2) is 78.0 Å². The Labute approximate surface area is 202 Å². The van der Waals surface area contributed by atoms with Crippen LogP contribution >= 0.6 is 23.4 Å². The van der Waals surface area contributed by atoms with Crippen LogP contribution in [0.5, 0.6) is 5.75 Å². The lowest BCUT2D eigenvalue weighted by atomic mass is 10.1. The van der Waals surface area contributed by atoms with Crippen LogP contribution in [-0.2, 0) is 11.4 Å². The van der Waals surface area contributed by atoms with Gasteiger partial charge in [-0.25, -0.2) is 0 Å². The minimum atomic E-state index is -0.175. The van der Waals surface area contributed by atoms with Gasteiger partial charge in [0.2, 0.25) is 5.91 Å². The Hall–Kier alpha value is -3.29. The second-order valence-corrected chi connectivity index (χ2v) is 8.79. The highest BCUT2D eigenvalue weighted by Crippen LogP contribution is 2.27. The predicted octanol–water partition coefficient (Wildman–Crippen LogP) is 5.85. The van der Waals surface area contributed by atoms with E-state index in [2.05, 4.69) is 33.7 Å². The zero-order chi connectivity index (χ0) is 23.2. The Morgan fingerprint density at radius 3 is 2.58 bits per heavy atom. The number of anilines is 1. The fourth-order valence-electron chi connectivity index (χ4n) is 3.23. The summed E-state index contributed by atoms with van der Waals surface area (Å²) < 4.78 is 7.89. The number of rotatable bonds is 8. The van der Waals surface area contributed by atoms with Crippen LogP contribution in [-0.4, -0.2) is 26.4 Å². The highest BCUT2D eigenvalue weighted by molar-refractivity contribution is 7.99. The van der Waals surface area contributed by atoms with E-state index in [0.717, 1.165) is 22.6 Å². The molecule has 1 N–H and O–H groups in total. The number of aryl methyl sites for hydroxylation is 2. The smallest absolute Gasteiger partial charge is 0.234 e. The summed E-state index contributed by atoms with van der Waals surface area (Å²) in [5, 5.41) is 12.7. The number of benzene rings is 3. The van der Waals surface area contributed by atoms with Gasteiger partial charge in [0.1, 0.15) is 12.4 Å². The summed E-state index contributed by atoms with van der Waals surface area (Å²) in [6.07, 6.45) is 0. The molecule has 0 saturated carbocycles. The molecular formula is C25H23ClN4O2S. The summed E-state index contributed by atoms with van der Waals surface area (Å²) in [7, 11) is 0. The summed E-state index contributed by atoms with van der Waals surface area (Å²) in [4.78, 5) is 12.6. The fraction of sp³-hybridized carbons (Fsp3) is 0.160. The molecule has 0 saturated heterocycles. The molecule has 1 heterocycles. The van der Waals surface area contributed by atoms with Crippen molar-refractivity contribution in [1.29, 1.82) is 0 Å². The van der Waals surface area contributed by atoms with Gasteiger partial charge in [0.05, 0.1) is 22.2 Å². The quantitative estimate of drug-likeness (QED) is 0.322. The van der Waals surface area contributed by atoms with Crippen LogP contribution in [0.1, 0.15) is 17.0 Å². The monoisotopic (exact) mass is 478 g/mol. The molecule has 0 atom stereocenters. The highest BCUT2D eigenvalue weighted by atomic mass is 35.5. The topological polar surface area (TPSA) is 69.0 Å². The molecule has 0 unspecified atom stereocenters. The SMILES string of the molecule is Cc1ccc(C)c(-n2c(COc3ccccc3)nnc2SCC(=O)Nc2ccccc2Cl)c1. The number of hydrogen-bond acceptors (Lipinski definition) is 5. The molecule has 4 rings (SSSR count). The van der Waals surface area contributed by atoms with Gasteiger partial charge < -0.3 is 10.1 Å². The Morgan fingerprint density at radius 1 is 1.03 bits per heavy atom. The van der Waals surface area contributed by atoms with Crippen molar-refractivity contribution in [1.82, 2.24) is 14.8 Å². The maximum Gasteiger partial charge on any atom is 0.234 e. The number of thioether (sulfide) groups is 1. The number of hydrogen-bond donors (Lipinski definition) is 1. The Bertz CT molecular complexity index is 1260. The molecule has 1 aromatic heterocycles. The first-order valence-electron chi connectivity index (χ1n) is 10.4. The van der Waals surface area contributed by atoms with Crippen molar-refractivity contribution in [3.8, 4) is 11.4 Å². The van der Waals surface area contributed by atoms with Crippen molar-refractivity contribution < 1.29 is 9.53 Å². The lowest BCUT2D eigenvalue weighted by molar-refractivity contribution is -0.113. The number of aromatic nitrogens is 3. The Kier molecular flexibility index (Phi) is 7.32. The first kappa shape index (κ1) is 22.9. The first-order valence-corrected chi connectivity index (χ1v) is 11.7. The van der Waals surface area contributed by atoms with Crippen molar-refractivity contribution in [3.63, 3.8) is 0 Å². The van der Waals surface area contributed by atoms with E-state index < -0.39 is 0 Å². The third kappa shape index (κ3) is 5.74. The van der Waals surface area contributed by atoms with E-state index >= 15 is 0 Å². The number of halogens is 1. The molecular weight excluding hydrogens is 456 g/mol. The lowest BCUT2D eigenvalue weighted by Gasteiger charge is -2.14. The number of carbonyl (C=O) groups excluding carboxylic acids is 1. The summed E-state index contributed by atoms with van der Waals surface area (Å²) in [5.41, 5.74) is 3.73. The molecule has 6 nitrogen and oxygen atoms in total. The van der Waals surface area contributed by atoms with Crippen LogP contribution in [0.2, 0.25) is 5.02 Å². The van der Waals surface area contributed by atoms with Crippen molar-refractivity contribution in [2.45, 2.75) is 25.6 Å². The van der Waals surface area contributed by atoms with E-state index in [1.165, 1.54) is 11.8 Å². The van der Waals surface area contributed by atoms with Crippen LogP contribution in [0, 0.1) is 13.8 Å². The number of ether oxygens (including phenoxy) is 1. The molecule has 0 radical (unpaired) electrons. The maximum atomic E-state index is 12.6. The molecule has 0 spiro atoms. The van der Waals surface area contributed by atoms with E-state index in [9.17, 15) is 4.79 Å². The molecule has 0 aliphatic carbocycles. The van der Waals surface area contributed by atoms with Gasteiger partial charge in [0.15, 0.2) is 11.0 Å². The third-order valence-electron chi connectivity index (χ3n) is 4.90. The second kappa shape index (κ2) is 10.6. The highest BCUT2D eigenvalue weighted by Gasteiger charge is 2.18. The third-order valence-corrected chi connectivity index (χ3v) is 6.16. The Balaban J connectivity index is 1.56. The number of nitrogens with zero attached hydrogens (tertiary/aromatic N) is 3. The molecule has 0 aliphatic heterocycles. The van der Waals surface area contributed by atoms with Gasteiger partial charge in [0.25, 0.3) is 0 Å². The van der Waals surface area contributed by atoms with E-state index in [1.807, 2.05) is 60.9 Å². The minimum Gasteiger partial charge on any atom is -0.486 e. The average molecular weight is 479 g/mol. The normalized spacial score (nSPS) is 10.8. The van der Waals surface area contributed by atoms with Crippen molar-refractivity contribution in [2.24, 2.45) is 0 Å². The zero-order valence-corrected chi connectivity index (χ0v) is 19.9. The largest absolute Gasteiger partial charge is 0.486 e. The number of nitrogens with one attached hydrogen (secondary N) is 1. The summed E-state index contributed by atoms with van der Waals surface area (Å²) >= 11 is 7.46. The van der Waals surface area contributed by atoms with Crippen LogP contribution in [0.3, 0.4) is 0 Å². The van der Waals surface area contributed by atoms with E-state index in [0.29, 0.717) is 21.7 Å². The summed E-state index contributed by atoms with van der Waals surface area (Å²) in [5.74, 6) is 1.39. The van der Waals surface area contributed by atoms with Gasteiger partial charge in [-0.1, -0.05) is 65.8 Å². The summed E-state index contributed by atoms with van der Waals surface area (Å²) in [6.45, 7) is 4.32. The molecule has 168 valence electrons. The maximum absolute atomic E-state index is 12.6. The molecule has 0 fully saturated rings. The van der Waals surface area contributed by atoms with Gasteiger partial charge in [-0.15, -0.1) is 10.2 Å². The summed E-state index contributed by atoms with van der Waals surface area (Å²) in [6, 6.07) is 22.9. The fourth-order valence-corrected chi connectivity index (χ4v) is 4.18. The predicted molar refractivity (Wildman–Crippen MR) is 132 cm³/mol. The number of carbonyl (C=O) groups is 1. The van der Waals surface area contributed by atoms with Crippen molar-refractivity contribution in [2.75, 3.05) is 11.1 Å². The molecule has 3 aromatic carbocycles. The molecule has 0 bridgehead atoms. The van der Waals surface area contributed by atoms with Gasteiger partial charge in [-0.05, 0) is 55.3 Å². The van der Waals surface area contributed by atoms with E-state index in [-0.39, 0.29) is 18.3 Å². The molecule has 0 aliphatic rings. The van der Waals surface area contributed by atoms with Crippen LogP contribution in [0.4, 0.5) is 5.69 Å². The van der Waals surface area contributed by atoms with Gasteiger partial charge in [0, 0.05) is 0 Å². The van der Waals surface area contributed by atoms with Crippen LogP contribution < -0.4 is 10.1 Å². The standard InChI is InChI=1S/C25H23ClN4O2S/c1-17-12-13-18(2)22(14-17)30-23(15-32-19-8-4-3-5-9-19)28-29-25(30)33-16-24(31)27-21-11-7-6-10-20(21)26/h3-14H,15-16H2,1-2H3,(H,27,31). The second-order valence-electron chi connectivity index (χ2n) is 7.44. The number of para-hydroxylation sites is 2. The molecule has 8 heteroatoms. The Morgan fingerprint density at radius 2 is 1.79 bits per heavy atom. The minimum absolute atomic E-state index is 0.160. The van der Waals surface area contributed by atoms with Gasteiger partial charge >= 0.3 is 0 Å². The molecule has 1 amide bonds. The number of amides is 1. The average Bonchev–Trinajstić information content (AvgIpc) is 3.22. The first-order chi connectivity index (χ1) is 16.0. The van der Waals surface area contributed by atoms with Gasteiger partial charge in [-0.2, -0.15) is 0 Å². The van der Waals surface area contributed by atoms with Gasteiger partial charge in [-0.3, -0.25) is 9.36 Å². The van der Waals surface area contributed by atoms with Crippen molar-refractivity contribution >= 4 is 35.0 Å². The molecule has 33 heavy (non-hydrogen) atoms. The van der Waals surface area contributed by atoms with Crippen LogP contribution in [0.25, 0.3) is 5.69 Å². The van der Waals surface area contributed by atoms with Crippen molar-refractivity contribution in [3.05, 3.63) is 94.8 Å². The van der Waals surface area contributed by atoms with E-state index in [1.54, 1.807) is 12.1 Å². The zero-order valence-electron chi connectivity index (χ0n) is 18.3.